The summed E-state index contributed by atoms with van der Waals surface area (Å²) in [6.07, 6.45) is 12.7. The van der Waals surface area contributed by atoms with Gasteiger partial charge < -0.3 is 9.88 Å². The Morgan fingerprint density at radius 1 is 1.12 bits per heavy atom. The van der Waals surface area contributed by atoms with Gasteiger partial charge >= 0.3 is 0 Å². The Balaban J connectivity index is 1.35. The summed E-state index contributed by atoms with van der Waals surface area (Å²) < 4.78 is 2.11. The molecule has 0 unspecified atom stereocenters. The second-order valence-corrected chi connectivity index (χ2v) is 6.33. The SMILES string of the molecule is C(=NN1CCCCC1)c1ccc(CNCCCn2ccnc2)cc1. The Kier molecular flexibility index (Phi) is 6.42. The monoisotopic (exact) mass is 325 g/mol. The predicted molar refractivity (Wildman–Crippen MR) is 98.0 cm³/mol. The van der Waals surface area contributed by atoms with Crippen LogP contribution in [0.15, 0.2) is 48.1 Å². The van der Waals surface area contributed by atoms with Crippen molar-refractivity contribution in [3.05, 3.63) is 54.1 Å². The quantitative estimate of drug-likeness (QED) is 0.599. The molecule has 0 saturated carbocycles. The molecule has 1 N–H and O–H groups in total. The molecule has 0 aliphatic carbocycles. The number of benzene rings is 1. The van der Waals surface area contributed by atoms with Crippen LogP contribution in [-0.4, -0.2) is 40.4 Å². The lowest BCUT2D eigenvalue weighted by molar-refractivity contribution is 0.240. The maximum atomic E-state index is 4.58. The van der Waals surface area contributed by atoms with E-state index in [1.807, 2.05) is 24.9 Å². The van der Waals surface area contributed by atoms with E-state index >= 15 is 0 Å². The minimum atomic E-state index is 0.910. The minimum Gasteiger partial charge on any atom is -0.337 e. The Morgan fingerprint density at radius 2 is 1.96 bits per heavy atom. The molecule has 5 nitrogen and oxygen atoms in total. The van der Waals surface area contributed by atoms with E-state index in [-0.39, 0.29) is 0 Å². The van der Waals surface area contributed by atoms with Crippen LogP contribution in [0, 0.1) is 0 Å². The molecule has 128 valence electrons. The van der Waals surface area contributed by atoms with Crippen molar-refractivity contribution in [3.8, 4) is 0 Å². The van der Waals surface area contributed by atoms with Crippen molar-refractivity contribution in [2.75, 3.05) is 19.6 Å². The number of rotatable bonds is 8. The fraction of sp³-hybridized carbons (Fsp3) is 0.474. The van der Waals surface area contributed by atoms with E-state index in [1.54, 1.807) is 0 Å². The van der Waals surface area contributed by atoms with Crippen molar-refractivity contribution >= 4 is 6.21 Å². The molecule has 1 aromatic carbocycles. The summed E-state index contributed by atoms with van der Waals surface area (Å²) in [5.74, 6) is 0. The first-order valence-corrected chi connectivity index (χ1v) is 8.94. The van der Waals surface area contributed by atoms with E-state index in [2.05, 4.69) is 49.2 Å². The number of hydrogen-bond donors (Lipinski definition) is 1. The molecule has 24 heavy (non-hydrogen) atoms. The number of aryl methyl sites for hydroxylation is 1. The molecule has 0 bridgehead atoms. The maximum Gasteiger partial charge on any atom is 0.0945 e. The molecule has 1 saturated heterocycles. The zero-order chi connectivity index (χ0) is 16.5. The standard InChI is InChI=1S/C19H27N5/c1-2-12-24(13-3-1)22-16-19-7-5-18(6-8-19)15-20-9-4-11-23-14-10-21-17-23/h5-8,10,14,16-17,20H,1-4,9,11-13,15H2. The van der Waals surface area contributed by atoms with E-state index < -0.39 is 0 Å². The molecule has 1 aliphatic rings. The van der Waals surface area contributed by atoms with Crippen molar-refractivity contribution in [1.82, 2.24) is 19.9 Å². The lowest BCUT2D eigenvalue weighted by Crippen LogP contribution is -2.24. The first-order chi connectivity index (χ1) is 11.9. The van der Waals surface area contributed by atoms with Crippen molar-refractivity contribution in [1.29, 1.82) is 0 Å². The molecule has 0 spiro atoms. The molecule has 0 atom stereocenters. The van der Waals surface area contributed by atoms with Gasteiger partial charge in [0.25, 0.3) is 0 Å². The second-order valence-electron chi connectivity index (χ2n) is 6.33. The normalized spacial score (nSPS) is 15.2. The van der Waals surface area contributed by atoms with E-state index in [4.69, 9.17) is 0 Å². The molecule has 5 heteroatoms. The highest BCUT2D eigenvalue weighted by molar-refractivity contribution is 5.79. The molecule has 2 aromatic rings. The average Bonchev–Trinajstić information content (AvgIpc) is 3.15. The van der Waals surface area contributed by atoms with Gasteiger partial charge in [0.05, 0.1) is 12.5 Å². The topological polar surface area (TPSA) is 45.5 Å². The number of nitrogens with zero attached hydrogens (tertiary/aromatic N) is 4. The van der Waals surface area contributed by atoms with Gasteiger partial charge in [-0.15, -0.1) is 0 Å². The molecule has 0 amide bonds. The minimum absolute atomic E-state index is 0.910. The Bertz CT molecular complexity index is 597. The van der Waals surface area contributed by atoms with Crippen LogP contribution in [0.2, 0.25) is 0 Å². The van der Waals surface area contributed by atoms with Gasteiger partial charge in [-0.1, -0.05) is 24.3 Å². The van der Waals surface area contributed by atoms with Gasteiger partial charge in [-0.2, -0.15) is 5.10 Å². The van der Waals surface area contributed by atoms with Crippen LogP contribution in [0.4, 0.5) is 0 Å². The number of hydrogen-bond acceptors (Lipinski definition) is 4. The van der Waals surface area contributed by atoms with Gasteiger partial charge in [0.1, 0.15) is 0 Å². The van der Waals surface area contributed by atoms with Crippen molar-refractivity contribution in [3.63, 3.8) is 0 Å². The molecule has 1 fully saturated rings. The van der Waals surface area contributed by atoms with Crippen LogP contribution < -0.4 is 5.32 Å². The lowest BCUT2D eigenvalue weighted by atomic mass is 10.1. The van der Waals surface area contributed by atoms with Crippen molar-refractivity contribution in [2.45, 2.75) is 38.8 Å². The zero-order valence-corrected chi connectivity index (χ0v) is 14.3. The summed E-state index contributed by atoms with van der Waals surface area (Å²) in [7, 11) is 0. The van der Waals surface area contributed by atoms with E-state index in [1.165, 1.54) is 30.4 Å². The molecule has 1 aliphatic heterocycles. The van der Waals surface area contributed by atoms with Crippen LogP contribution in [-0.2, 0) is 13.1 Å². The van der Waals surface area contributed by atoms with Crippen LogP contribution >= 0.6 is 0 Å². The summed E-state index contributed by atoms with van der Waals surface area (Å²) in [5, 5.41) is 10.3. The van der Waals surface area contributed by atoms with Gasteiger partial charge in [0.2, 0.25) is 0 Å². The Morgan fingerprint density at radius 3 is 2.71 bits per heavy atom. The second kappa shape index (κ2) is 9.23. The first-order valence-electron chi connectivity index (χ1n) is 8.94. The van der Waals surface area contributed by atoms with Crippen LogP contribution in [0.25, 0.3) is 0 Å². The Labute approximate surface area is 144 Å². The first kappa shape index (κ1) is 16.7. The van der Waals surface area contributed by atoms with E-state index in [0.717, 1.165) is 39.1 Å². The number of hydrazone groups is 1. The van der Waals surface area contributed by atoms with Gasteiger partial charge in [-0.3, -0.25) is 5.01 Å². The zero-order valence-electron chi connectivity index (χ0n) is 14.3. The average molecular weight is 325 g/mol. The van der Waals surface area contributed by atoms with Crippen molar-refractivity contribution in [2.24, 2.45) is 5.10 Å². The number of nitrogens with one attached hydrogen (secondary N) is 1. The van der Waals surface area contributed by atoms with E-state index in [0.29, 0.717) is 0 Å². The highest BCUT2D eigenvalue weighted by Gasteiger charge is 2.05. The van der Waals surface area contributed by atoms with Crippen LogP contribution in [0.5, 0.6) is 0 Å². The molecule has 1 aromatic heterocycles. The smallest absolute Gasteiger partial charge is 0.0945 e. The summed E-state index contributed by atoms with van der Waals surface area (Å²) >= 11 is 0. The van der Waals surface area contributed by atoms with Gasteiger partial charge in [0.15, 0.2) is 0 Å². The van der Waals surface area contributed by atoms with Crippen LogP contribution in [0.3, 0.4) is 0 Å². The fourth-order valence-corrected chi connectivity index (χ4v) is 2.90. The Hall–Kier alpha value is -2.14. The third kappa shape index (κ3) is 5.49. The maximum absolute atomic E-state index is 4.58. The van der Waals surface area contributed by atoms with Crippen molar-refractivity contribution < 1.29 is 0 Å². The summed E-state index contributed by atoms with van der Waals surface area (Å²) in [6.45, 7) is 5.12. The summed E-state index contributed by atoms with van der Waals surface area (Å²) in [4.78, 5) is 4.05. The molecule has 3 rings (SSSR count). The third-order valence-electron chi connectivity index (χ3n) is 4.34. The summed E-state index contributed by atoms with van der Waals surface area (Å²) in [6, 6.07) is 8.66. The third-order valence-corrected chi connectivity index (χ3v) is 4.34. The number of piperidine rings is 1. The van der Waals surface area contributed by atoms with Crippen LogP contribution in [0.1, 0.15) is 36.8 Å². The highest BCUT2D eigenvalue weighted by atomic mass is 15.4. The van der Waals surface area contributed by atoms with Gasteiger partial charge in [-0.05, 0) is 43.4 Å². The molecular weight excluding hydrogens is 298 g/mol. The lowest BCUT2D eigenvalue weighted by Gasteiger charge is -2.23. The predicted octanol–water partition coefficient (Wildman–Crippen LogP) is 2.88. The fourth-order valence-electron chi connectivity index (χ4n) is 2.90. The number of aromatic nitrogens is 2. The summed E-state index contributed by atoms with van der Waals surface area (Å²) in [5.41, 5.74) is 2.48. The molecule has 2 heterocycles. The largest absolute Gasteiger partial charge is 0.337 e. The van der Waals surface area contributed by atoms with Gasteiger partial charge in [0, 0.05) is 38.6 Å². The molecular formula is C19H27N5. The van der Waals surface area contributed by atoms with E-state index in [9.17, 15) is 0 Å². The highest BCUT2D eigenvalue weighted by Crippen LogP contribution is 2.09. The van der Waals surface area contributed by atoms with Gasteiger partial charge in [-0.25, -0.2) is 4.98 Å². The number of imidazole rings is 1. The molecule has 0 radical (unpaired) electrons.